The summed E-state index contributed by atoms with van der Waals surface area (Å²) in [6, 6.07) is 20.9. The summed E-state index contributed by atoms with van der Waals surface area (Å²) >= 11 is 3.60. The van der Waals surface area contributed by atoms with E-state index in [0.717, 1.165) is 5.57 Å². The van der Waals surface area contributed by atoms with Crippen LogP contribution >= 0.6 is 15.9 Å². The molecule has 36 heavy (non-hydrogen) atoms. The van der Waals surface area contributed by atoms with E-state index in [-0.39, 0.29) is 17.4 Å². The van der Waals surface area contributed by atoms with Crippen LogP contribution in [0.3, 0.4) is 0 Å². The molecule has 1 aliphatic carbocycles. The van der Waals surface area contributed by atoms with Crippen LogP contribution in [0.25, 0.3) is 0 Å². The van der Waals surface area contributed by atoms with Gasteiger partial charge in [0.2, 0.25) is 5.79 Å². The maximum absolute atomic E-state index is 13.4. The molecule has 0 N–H and O–H groups in total. The SMILES string of the molecule is COC1(OC)C=C(CC=C(C)C)C(=O)C(Br)=C1CO[Si](c1ccccc1)(c1ccccc1)C(C)(C)C. The molecule has 0 spiro atoms. The highest BCUT2D eigenvalue weighted by atomic mass is 79.9. The van der Waals surface area contributed by atoms with Crippen molar-refractivity contribution < 1.29 is 18.7 Å². The van der Waals surface area contributed by atoms with Gasteiger partial charge in [0, 0.05) is 25.4 Å². The topological polar surface area (TPSA) is 44.8 Å². The summed E-state index contributed by atoms with van der Waals surface area (Å²) in [5.41, 5.74) is 2.40. The van der Waals surface area contributed by atoms with E-state index in [1.807, 2.05) is 32.1 Å². The molecular formula is C30H37BrO4Si. The molecule has 0 amide bonds. The van der Waals surface area contributed by atoms with Crippen LogP contribution < -0.4 is 10.4 Å². The van der Waals surface area contributed by atoms with Crippen molar-refractivity contribution in [2.45, 2.75) is 51.9 Å². The van der Waals surface area contributed by atoms with E-state index < -0.39 is 14.1 Å². The lowest BCUT2D eigenvalue weighted by molar-refractivity contribution is -0.148. The minimum Gasteiger partial charge on any atom is -0.403 e. The zero-order valence-corrected chi connectivity index (χ0v) is 24.9. The molecule has 0 saturated carbocycles. The third-order valence-electron chi connectivity index (χ3n) is 6.73. The molecule has 2 aromatic carbocycles. The average molecular weight is 570 g/mol. The standard InChI is InChI=1S/C30H37BrO4Si/c1-22(2)18-19-23-20-30(33-6,34-7)26(27(31)28(23)32)21-35-36(29(3,4)5,24-14-10-8-11-15-24)25-16-12-9-13-17-25/h8-18,20H,19,21H2,1-7H3. The molecule has 6 heteroatoms. The maximum atomic E-state index is 13.4. The van der Waals surface area contributed by atoms with Crippen LogP contribution in [0.2, 0.25) is 5.04 Å². The number of benzene rings is 2. The zero-order valence-electron chi connectivity index (χ0n) is 22.4. The van der Waals surface area contributed by atoms with Crippen molar-refractivity contribution in [3.05, 3.63) is 94.0 Å². The van der Waals surface area contributed by atoms with E-state index in [9.17, 15) is 4.79 Å². The van der Waals surface area contributed by atoms with Gasteiger partial charge in [-0.1, -0.05) is 93.1 Å². The van der Waals surface area contributed by atoms with Crippen LogP contribution in [0, 0.1) is 0 Å². The average Bonchev–Trinajstić information content (AvgIpc) is 2.86. The molecule has 2 aromatic rings. The number of carbonyl (C=O) groups is 1. The number of hydrogen-bond donors (Lipinski definition) is 0. The van der Waals surface area contributed by atoms with Crippen molar-refractivity contribution in [3.63, 3.8) is 0 Å². The minimum absolute atomic E-state index is 0.0710. The van der Waals surface area contributed by atoms with Crippen molar-refractivity contribution in [2.24, 2.45) is 0 Å². The molecule has 0 fully saturated rings. The fraction of sp³-hybridized carbons (Fsp3) is 0.367. The van der Waals surface area contributed by atoms with Gasteiger partial charge in [-0.3, -0.25) is 4.79 Å². The number of rotatable bonds is 9. The van der Waals surface area contributed by atoms with E-state index in [1.165, 1.54) is 10.4 Å². The van der Waals surface area contributed by atoms with Gasteiger partial charge in [0.05, 0.1) is 11.1 Å². The molecule has 4 nitrogen and oxygen atoms in total. The highest BCUT2D eigenvalue weighted by molar-refractivity contribution is 9.12. The maximum Gasteiger partial charge on any atom is 0.261 e. The Bertz CT molecular complexity index is 1110. The van der Waals surface area contributed by atoms with Crippen molar-refractivity contribution in [1.29, 1.82) is 0 Å². The van der Waals surface area contributed by atoms with E-state index in [0.29, 0.717) is 22.0 Å². The van der Waals surface area contributed by atoms with Gasteiger partial charge in [-0.2, -0.15) is 0 Å². The molecule has 0 aromatic heterocycles. The number of hydrogen-bond acceptors (Lipinski definition) is 4. The van der Waals surface area contributed by atoms with Gasteiger partial charge in [0.1, 0.15) is 0 Å². The lowest BCUT2D eigenvalue weighted by Crippen LogP contribution is -2.67. The van der Waals surface area contributed by atoms with Gasteiger partial charge >= 0.3 is 0 Å². The minimum atomic E-state index is -2.83. The third-order valence-corrected chi connectivity index (χ3v) is 12.5. The molecule has 0 saturated heterocycles. The van der Waals surface area contributed by atoms with Crippen molar-refractivity contribution >= 4 is 40.4 Å². The summed E-state index contributed by atoms with van der Waals surface area (Å²) in [6.45, 7) is 10.9. The molecule has 0 unspecified atom stereocenters. The number of allylic oxidation sites excluding steroid dienone is 4. The van der Waals surface area contributed by atoms with Crippen molar-refractivity contribution in [1.82, 2.24) is 0 Å². The van der Waals surface area contributed by atoms with Crippen LogP contribution in [-0.4, -0.2) is 40.7 Å². The van der Waals surface area contributed by atoms with E-state index in [2.05, 4.69) is 85.2 Å². The Morgan fingerprint density at radius 1 is 0.944 bits per heavy atom. The van der Waals surface area contributed by atoms with Crippen LogP contribution in [-0.2, 0) is 18.7 Å². The van der Waals surface area contributed by atoms with E-state index >= 15 is 0 Å². The van der Waals surface area contributed by atoms with Gasteiger partial charge in [-0.15, -0.1) is 0 Å². The highest BCUT2D eigenvalue weighted by Crippen LogP contribution is 2.41. The van der Waals surface area contributed by atoms with Gasteiger partial charge < -0.3 is 13.9 Å². The summed E-state index contributed by atoms with van der Waals surface area (Å²) in [5.74, 6) is -1.28. The van der Waals surface area contributed by atoms with Crippen LogP contribution in [0.15, 0.2) is 94.0 Å². The van der Waals surface area contributed by atoms with Crippen LogP contribution in [0.4, 0.5) is 0 Å². The first-order chi connectivity index (χ1) is 17.0. The summed E-state index contributed by atoms with van der Waals surface area (Å²) in [5, 5.41) is 2.14. The molecule has 0 heterocycles. The number of halogens is 1. The Hall–Kier alpha value is -2.09. The molecule has 0 atom stereocenters. The predicted molar refractivity (Wildman–Crippen MR) is 153 cm³/mol. The molecule has 1 aliphatic rings. The number of ketones is 1. The smallest absolute Gasteiger partial charge is 0.261 e. The fourth-order valence-electron chi connectivity index (χ4n) is 4.83. The monoisotopic (exact) mass is 568 g/mol. The summed E-state index contributed by atoms with van der Waals surface area (Å²) < 4.78 is 19.4. The van der Waals surface area contributed by atoms with Gasteiger partial charge in [-0.25, -0.2) is 0 Å². The molecule has 3 rings (SSSR count). The number of Topliss-reactive ketones (excluding diaryl/α,β-unsaturated/α-hetero) is 1. The zero-order chi connectivity index (χ0) is 26.6. The lowest BCUT2D eigenvalue weighted by Gasteiger charge is -2.44. The summed E-state index contributed by atoms with van der Waals surface area (Å²) in [7, 11) is 0.362. The number of carbonyl (C=O) groups excluding carboxylic acids is 1. The summed E-state index contributed by atoms with van der Waals surface area (Å²) in [6.07, 6.45) is 4.33. The molecule has 192 valence electrons. The Morgan fingerprint density at radius 2 is 1.44 bits per heavy atom. The van der Waals surface area contributed by atoms with Crippen molar-refractivity contribution in [3.8, 4) is 0 Å². The first kappa shape index (κ1) is 28.5. The second kappa shape index (κ2) is 11.5. The van der Waals surface area contributed by atoms with Gasteiger partial charge in [0.15, 0.2) is 5.78 Å². The Kier molecular flexibility index (Phi) is 9.12. The Morgan fingerprint density at radius 3 is 1.86 bits per heavy atom. The quantitative estimate of drug-likeness (QED) is 0.209. The fourth-order valence-corrected chi connectivity index (χ4v) is 9.99. The third kappa shape index (κ3) is 5.43. The van der Waals surface area contributed by atoms with Gasteiger partial charge in [0.25, 0.3) is 8.32 Å². The molecular weight excluding hydrogens is 532 g/mol. The lowest BCUT2D eigenvalue weighted by atomic mass is 9.91. The molecule has 0 radical (unpaired) electrons. The number of ether oxygens (including phenoxy) is 2. The first-order valence-electron chi connectivity index (χ1n) is 12.2. The van der Waals surface area contributed by atoms with Crippen molar-refractivity contribution in [2.75, 3.05) is 20.8 Å². The Balaban J connectivity index is 2.14. The summed E-state index contributed by atoms with van der Waals surface area (Å²) in [4.78, 5) is 13.4. The largest absolute Gasteiger partial charge is 0.403 e. The first-order valence-corrected chi connectivity index (χ1v) is 14.9. The Labute approximate surface area is 225 Å². The molecule has 0 aliphatic heterocycles. The predicted octanol–water partition coefficient (Wildman–Crippen LogP) is 6.07. The molecule has 0 bridgehead atoms. The van der Waals surface area contributed by atoms with Crippen LogP contribution in [0.5, 0.6) is 0 Å². The van der Waals surface area contributed by atoms with E-state index in [4.69, 9.17) is 13.9 Å². The number of methoxy groups -OCH3 is 2. The van der Waals surface area contributed by atoms with Gasteiger partial charge in [-0.05, 0) is 57.7 Å². The van der Waals surface area contributed by atoms with Crippen LogP contribution in [0.1, 0.15) is 41.0 Å². The highest BCUT2D eigenvalue weighted by Gasteiger charge is 2.51. The second-order valence-electron chi connectivity index (χ2n) is 10.3. The van der Waals surface area contributed by atoms with E-state index in [1.54, 1.807) is 20.3 Å². The second-order valence-corrected chi connectivity index (χ2v) is 15.4. The normalized spacial score (nSPS) is 16.1.